The minimum atomic E-state index is 0.0360. The minimum Gasteiger partial charge on any atom is -0.501 e. The maximum Gasteiger partial charge on any atom is 0.189 e. The smallest absolute Gasteiger partial charge is 0.189 e. The van der Waals surface area contributed by atoms with Gasteiger partial charge in [-0.15, -0.1) is 0 Å². The number of rotatable bonds is 4. The molecule has 1 aliphatic carbocycles. The fourth-order valence-corrected chi connectivity index (χ4v) is 2.80. The highest BCUT2D eigenvalue weighted by molar-refractivity contribution is 6.10. The summed E-state index contributed by atoms with van der Waals surface area (Å²) in [6.45, 7) is 0. The van der Waals surface area contributed by atoms with Gasteiger partial charge in [-0.05, 0) is 11.6 Å². The van der Waals surface area contributed by atoms with E-state index in [1.807, 2.05) is 60.7 Å². The van der Waals surface area contributed by atoms with Crippen molar-refractivity contribution in [3.63, 3.8) is 0 Å². The van der Waals surface area contributed by atoms with Gasteiger partial charge in [-0.2, -0.15) is 0 Å². The van der Waals surface area contributed by atoms with Gasteiger partial charge in [0.05, 0.1) is 12.9 Å². The molecule has 0 bridgehead atoms. The third-order valence-electron chi connectivity index (χ3n) is 3.99. The summed E-state index contributed by atoms with van der Waals surface area (Å²) in [7, 11) is 1.67. The summed E-state index contributed by atoms with van der Waals surface area (Å²) in [5.41, 5.74) is 2.68. The van der Waals surface area contributed by atoms with Crippen molar-refractivity contribution in [2.24, 2.45) is 0 Å². The van der Waals surface area contributed by atoms with Gasteiger partial charge in [0.2, 0.25) is 0 Å². The zero-order valence-electron chi connectivity index (χ0n) is 12.5. The number of ketones is 1. The normalized spacial score (nSPS) is 17.4. The lowest BCUT2D eigenvalue weighted by Crippen LogP contribution is -2.16. The van der Waals surface area contributed by atoms with Crippen LogP contribution in [0.5, 0.6) is 0 Å². The van der Waals surface area contributed by atoms with Crippen molar-refractivity contribution >= 4 is 5.78 Å². The second kappa shape index (κ2) is 6.44. The molecule has 2 aromatic carbocycles. The number of carbonyl (C=O) groups is 1. The predicted molar refractivity (Wildman–Crippen MR) is 87.7 cm³/mol. The second-order valence-corrected chi connectivity index (χ2v) is 5.32. The van der Waals surface area contributed by atoms with Gasteiger partial charge in [-0.3, -0.25) is 4.79 Å². The molecule has 0 N–H and O–H groups in total. The number of benzene rings is 2. The van der Waals surface area contributed by atoms with Gasteiger partial charge in [0.1, 0.15) is 0 Å². The van der Waals surface area contributed by atoms with Crippen LogP contribution in [0, 0.1) is 0 Å². The van der Waals surface area contributed by atoms with E-state index in [0.717, 1.165) is 22.5 Å². The summed E-state index contributed by atoms with van der Waals surface area (Å²) in [5, 5.41) is 0. The highest BCUT2D eigenvalue weighted by Gasteiger charge is 2.27. The molecule has 0 aliphatic heterocycles. The second-order valence-electron chi connectivity index (χ2n) is 5.32. The van der Waals surface area contributed by atoms with Crippen molar-refractivity contribution in [3.05, 3.63) is 95.3 Å². The van der Waals surface area contributed by atoms with E-state index in [9.17, 15) is 4.79 Å². The topological polar surface area (TPSA) is 26.3 Å². The SMILES string of the molecule is COC1=CC=C(C(=O)c2ccccc2)C(c2ccccc2)C1. The Hall–Kier alpha value is -2.61. The molecule has 110 valence electrons. The molecule has 0 heterocycles. The van der Waals surface area contributed by atoms with Gasteiger partial charge in [0, 0.05) is 23.5 Å². The molecule has 1 atom stereocenters. The molecule has 22 heavy (non-hydrogen) atoms. The molecular weight excluding hydrogens is 272 g/mol. The standard InChI is InChI=1S/C20H18O2/c1-22-17-12-13-18(20(21)16-10-6-3-7-11-16)19(14-17)15-8-4-2-5-9-15/h2-13,19H,14H2,1H3. The van der Waals surface area contributed by atoms with Crippen LogP contribution in [0.15, 0.2) is 84.1 Å². The number of Topliss-reactive ketones (excluding diaryl/α,β-unsaturated/α-hetero) is 1. The van der Waals surface area contributed by atoms with E-state index in [-0.39, 0.29) is 11.7 Å². The summed E-state index contributed by atoms with van der Waals surface area (Å²) < 4.78 is 5.38. The van der Waals surface area contributed by atoms with Gasteiger partial charge >= 0.3 is 0 Å². The van der Waals surface area contributed by atoms with Gasteiger partial charge < -0.3 is 4.74 Å². The van der Waals surface area contributed by atoms with Crippen LogP contribution < -0.4 is 0 Å². The van der Waals surface area contributed by atoms with Crippen LogP contribution in [0.3, 0.4) is 0 Å². The molecule has 0 radical (unpaired) electrons. The van der Waals surface area contributed by atoms with Gasteiger partial charge in [-0.25, -0.2) is 0 Å². The maximum atomic E-state index is 12.8. The fraction of sp³-hybridized carbons (Fsp3) is 0.150. The van der Waals surface area contributed by atoms with Crippen molar-refractivity contribution < 1.29 is 9.53 Å². The van der Waals surface area contributed by atoms with Crippen molar-refractivity contribution in [1.82, 2.24) is 0 Å². The van der Waals surface area contributed by atoms with Crippen molar-refractivity contribution in [1.29, 1.82) is 0 Å². The molecule has 0 aromatic heterocycles. The first kappa shape index (κ1) is 14.3. The first-order chi connectivity index (χ1) is 10.8. The Kier molecular flexibility index (Phi) is 4.19. The summed E-state index contributed by atoms with van der Waals surface area (Å²) in [6.07, 6.45) is 4.51. The largest absolute Gasteiger partial charge is 0.501 e. The first-order valence-electron chi connectivity index (χ1n) is 7.39. The lowest BCUT2D eigenvalue weighted by molar-refractivity contribution is 0.102. The van der Waals surface area contributed by atoms with E-state index in [2.05, 4.69) is 12.1 Å². The zero-order valence-corrected chi connectivity index (χ0v) is 12.5. The summed E-state index contributed by atoms with van der Waals surface area (Å²) in [6, 6.07) is 19.6. The van der Waals surface area contributed by atoms with Gasteiger partial charge in [0.25, 0.3) is 0 Å². The number of allylic oxidation sites excluding steroid dienone is 4. The zero-order chi connectivity index (χ0) is 15.4. The van der Waals surface area contributed by atoms with E-state index in [1.165, 1.54) is 0 Å². The van der Waals surface area contributed by atoms with Crippen molar-refractivity contribution in [2.75, 3.05) is 7.11 Å². The Balaban J connectivity index is 2.00. The van der Waals surface area contributed by atoms with E-state index < -0.39 is 0 Å². The highest BCUT2D eigenvalue weighted by atomic mass is 16.5. The molecule has 2 heteroatoms. The molecule has 0 fully saturated rings. The number of hydrogen-bond donors (Lipinski definition) is 0. The van der Waals surface area contributed by atoms with Gasteiger partial charge in [0.15, 0.2) is 5.78 Å². The Labute approximate surface area is 130 Å². The molecule has 1 aliphatic rings. The van der Waals surface area contributed by atoms with Crippen LogP contribution in [0.1, 0.15) is 28.3 Å². The molecule has 2 aromatic rings. The van der Waals surface area contributed by atoms with Crippen LogP contribution in [0.4, 0.5) is 0 Å². The van der Waals surface area contributed by atoms with Crippen molar-refractivity contribution in [2.45, 2.75) is 12.3 Å². The average Bonchev–Trinajstić information content (AvgIpc) is 2.62. The van der Waals surface area contributed by atoms with Crippen LogP contribution >= 0.6 is 0 Å². The van der Waals surface area contributed by atoms with E-state index in [0.29, 0.717) is 6.42 Å². The molecule has 0 spiro atoms. The number of ether oxygens (including phenoxy) is 1. The molecule has 3 rings (SSSR count). The molecular formula is C20H18O2. The third-order valence-corrected chi connectivity index (χ3v) is 3.99. The van der Waals surface area contributed by atoms with E-state index in [4.69, 9.17) is 4.74 Å². The Morgan fingerprint density at radius 2 is 1.59 bits per heavy atom. The third kappa shape index (κ3) is 2.86. The lowest BCUT2D eigenvalue weighted by Gasteiger charge is -2.24. The number of hydrogen-bond acceptors (Lipinski definition) is 2. The molecule has 1 unspecified atom stereocenters. The van der Waals surface area contributed by atoms with Crippen molar-refractivity contribution in [3.8, 4) is 0 Å². The minimum absolute atomic E-state index is 0.0360. The molecule has 0 amide bonds. The van der Waals surface area contributed by atoms with E-state index >= 15 is 0 Å². The summed E-state index contributed by atoms with van der Waals surface area (Å²) in [5.74, 6) is 1.02. The summed E-state index contributed by atoms with van der Waals surface area (Å²) >= 11 is 0. The van der Waals surface area contributed by atoms with Crippen LogP contribution in [-0.2, 0) is 4.74 Å². The number of methoxy groups -OCH3 is 1. The quantitative estimate of drug-likeness (QED) is 0.774. The Morgan fingerprint density at radius 3 is 2.23 bits per heavy atom. The fourth-order valence-electron chi connectivity index (χ4n) is 2.80. The lowest BCUT2D eigenvalue weighted by atomic mass is 9.81. The molecule has 0 saturated heterocycles. The Bertz CT molecular complexity index is 712. The van der Waals surface area contributed by atoms with Crippen LogP contribution in [0.25, 0.3) is 0 Å². The van der Waals surface area contributed by atoms with Crippen LogP contribution in [-0.4, -0.2) is 12.9 Å². The van der Waals surface area contributed by atoms with E-state index in [1.54, 1.807) is 7.11 Å². The molecule has 2 nitrogen and oxygen atoms in total. The van der Waals surface area contributed by atoms with Gasteiger partial charge in [-0.1, -0.05) is 66.7 Å². The predicted octanol–water partition coefficient (Wildman–Crippen LogP) is 4.51. The average molecular weight is 290 g/mol. The summed E-state index contributed by atoms with van der Waals surface area (Å²) in [4.78, 5) is 12.8. The monoisotopic (exact) mass is 290 g/mol. The first-order valence-corrected chi connectivity index (χ1v) is 7.39. The highest BCUT2D eigenvalue weighted by Crippen LogP contribution is 2.36. The Morgan fingerprint density at radius 1 is 0.955 bits per heavy atom. The maximum absolute atomic E-state index is 12.8. The number of carbonyl (C=O) groups excluding carboxylic acids is 1. The van der Waals surface area contributed by atoms with Crippen LogP contribution in [0.2, 0.25) is 0 Å². The molecule has 0 saturated carbocycles.